The minimum atomic E-state index is -0.292. The molecule has 0 aliphatic heterocycles. The van der Waals surface area contributed by atoms with E-state index in [1.54, 1.807) is 0 Å². The van der Waals surface area contributed by atoms with E-state index in [4.69, 9.17) is 0 Å². The zero-order chi connectivity index (χ0) is 16.6. The molecule has 0 amide bonds. The monoisotopic (exact) mass is 405 g/mol. The summed E-state index contributed by atoms with van der Waals surface area (Å²) < 4.78 is 0.0741. The summed E-state index contributed by atoms with van der Waals surface area (Å²) >= 11 is 3.90. The molecule has 0 radical (unpaired) electrons. The summed E-state index contributed by atoms with van der Waals surface area (Å²) in [6, 6.07) is 10.9. The Morgan fingerprint density at radius 3 is 2.00 bits per heavy atom. The van der Waals surface area contributed by atoms with Crippen molar-refractivity contribution in [2.24, 2.45) is 0 Å². The van der Waals surface area contributed by atoms with Gasteiger partial charge in [-0.2, -0.15) is 0 Å². The van der Waals surface area contributed by atoms with Crippen molar-refractivity contribution in [3.63, 3.8) is 0 Å². The van der Waals surface area contributed by atoms with Crippen molar-refractivity contribution in [1.29, 1.82) is 0 Å². The summed E-state index contributed by atoms with van der Waals surface area (Å²) in [4.78, 5) is 0. The number of hydrogen-bond donors (Lipinski definition) is 0. The van der Waals surface area contributed by atoms with Crippen LogP contribution in [0.2, 0.25) is 0 Å². The maximum absolute atomic E-state index is 3.90. The van der Waals surface area contributed by atoms with Crippen LogP contribution >= 0.6 is 7.92 Å². The van der Waals surface area contributed by atoms with E-state index in [0.717, 1.165) is 6.42 Å². The Morgan fingerprint density at radius 2 is 1.50 bits per heavy atom. The van der Waals surface area contributed by atoms with Crippen molar-refractivity contribution in [3.8, 4) is 0 Å². The Morgan fingerprint density at radius 1 is 0.955 bits per heavy atom. The zero-order valence-corrected chi connectivity index (χ0v) is 17.0. The molecule has 1 aromatic rings. The molecule has 1 aliphatic carbocycles. The van der Waals surface area contributed by atoms with Crippen LogP contribution in [0.3, 0.4) is 0 Å². The molecule has 0 saturated heterocycles. The van der Waals surface area contributed by atoms with Crippen LogP contribution in [0.5, 0.6) is 0 Å². The standard InChI is InChI=1S/C20H28P.Pd/c1-19(2,3)21(20(4,5)6)18-15-11-10-14-17(18)16-12-8-7-9-13-16;/h7-14H,15H2,1-6H3;. The predicted molar refractivity (Wildman–Crippen MR) is 97.3 cm³/mol. The van der Waals surface area contributed by atoms with Crippen LogP contribution < -0.4 is 0 Å². The van der Waals surface area contributed by atoms with Gasteiger partial charge < -0.3 is 0 Å². The summed E-state index contributed by atoms with van der Waals surface area (Å²) in [7, 11) is -0.292. The van der Waals surface area contributed by atoms with Crippen molar-refractivity contribution in [2.45, 2.75) is 61.9 Å². The minimum absolute atomic E-state index is 0.0741. The fraction of sp³-hybridized carbons (Fsp3) is 0.500. The van der Waals surface area contributed by atoms with Gasteiger partial charge in [-0.05, 0) is 0 Å². The normalized spacial score (nSPS) is 22.9. The van der Waals surface area contributed by atoms with Gasteiger partial charge in [-0.15, -0.1) is 0 Å². The van der Waals surface area contributed by atoms with Crippen molar-refractivity contribution in [3.05, 3.63) is 54.1 Å². The summed E-state index contributed by atoms with van der Waals surface area (Å²) in [6.45, 7) is 14.4. The van der Waals surface area contributed by atoms with Crippen LogP contribution in [0.15, 0.2) is 48.6 Å². The second-order valence-electron chi connectivity index (χ2n) is 7.96. The first-order valence-electron chi connectivity index (χ1n) is 7.96. The summed E-state index contributed by atoms with van der Waals surface area (Å²) in [5.41, 5.74) is 2.80. The summed E-state index contributed by atoms with van der Waals surface area (Å²) in [5, 5.41) is 0.567. The van der Waals surface area contributed by atoms with Gasteiger partial charge in [0, 0.05) is 0 Å². The molecule has 0 heterocycles. The van der Waals surface area contributed by atoms with Gasteiger partial charge in [-0.3, -0.25) is 0 Å². The average Bonchev–Trinajstić information content (AvgIpc) is 2.36. The van der Waals surface area contributed by atoms with Crippen molar-refractivity contribution < 1.29 is 19.2 Å². The Kier molecular flexibility index (Phi) is 5.24. The van der Waals surface area contributed by atoms with Gasteiger partial charge >= 0.3 is 149 Å². The second kappa shape index (κ2) is 6.36. The fourth-order valence-electron chi connectivity index (χ4n) is 3.78. The Bertz CT molecular complexity index is 558. The molecule has 22 heavy (non-hydrogen) atoms. The van der Waals surface area contributed by atoms with E-state index >= 15 is 0 Å². The van der Waals surface area contributed by atoms with Gasteiger partial charge in [0.2, 0.25) is 0 Å². The van der Waals surface area contributed by atoms with Gasteiger partial charge in [0.1, 0.15) is 0 Å². The van der Waals surface area contributed by atoms with Crippen molar-refractivity contribution in [1.82, 2.24) is 0 Å². The molecule has 123 valence electrons. The Labute approximate surface area is 148 Å². The first kappa shape index (κ1) is 18.1. The van der Waals surface area contributed by atoms with Gasteiger partial charge in [-0.1, -0.05) is 0 Å². The summed E-state index contributed by atoms with van der Waals surface area (Å²) in [5.74, 6) is 0. The Hall–Kier alpha value is -0.208. The molecule has 1 aromatic carbocycles. The van der Waals surface area contributed by atoms with Gasteiger partial charge in [-0.25, -0.2) is 0 Å². The molecular formula is C20H28PPd. The van der Waals surface area contributed by atoms with Crippen molar-refractivity contribution in [2.75, 3.05) is 0 Å². The molecule has 0 fully saturated rings. The van der Waals surface area contributed by atoms with E-state index in [1.807, 2.05) is 0 Å². The second-order valence-corrected chi connectivity index (χ2v) is 14.0. The van der Waals surface area contributed by atoms with E-state index < -0.39 is 0 Å². The third-order valence-corrected chi connectivity index (χ3v) is 9.50. The Balaban J connectivity index is 2.59. The van der Waals surface area contributed by atoms with E-state index in [9.17, 15) is 0 Å². The van der Waals surface area contributed by atoms with E-state index in [0.29, 0.717) is 0 Å². The average molecular weight is 406 g/mol. The number of benzene rings is 1. The van der Waals surface area contributed by atoms with E-state index in [1.165, 1.54) is 11.1 Å². The molecule has 1 atom stereocenters. The quantitative estimate of drug-likeness (QED) is 0.397. The van der Waals surface area contributed by atoms with Crippen molar-refractivity contribution >= 4 is 13.5 Å². The fourth-order valence-corrected chi connectivity index (χ4v) is 12.2. The summed E-state index contributed by atoms with van der Waals surface area (Å²) in [6.07, 6.45) is 7.93. The van der Waals surface area contributed by atoms with Gasteiger partial charge in [0.25, 0.3) is 0 Å². The topological polar surface area (TPSA) is 0 Å². The molecule has 2 heteroatoms. The number of rotatable bonds is 2. The van der Waals surface area contributed by atoms with E-state index in [-0.39, 0.29) is 21.9 Å². The number of allylic oxidation sites excluding steroid dienone is 4. The first-order valence-corrected chi connectivity index (χ1v) is 10.1. The molecule has 0 bridgehead atoms. The van der Waals surface area contributed by atoms with Crippen LogP contribution in [0.25, 0.3) is 5.57 Å². The third kappa shape index (κ3) is 3.64. The van der Waals surface area contributed by atoms with Gasteiger partial charge in [0.15, 0.2) is 0 Å². The SMILES string of the molecule is CC(C)(C)P(C(C)(C)C)[C]1([Pd])CC=CC=C1c1ccccc1. The number of hydrogen-bond acceptors (Lipinski definition) is 0. The van der Waals surface area contributed by atoms with E-state index in [2.05, 4.69) is 109 Å². The molecule has 1 aliphatic rings. The van der Waals surface area contributed by atoms with Gasteiger partial charge in [0.05, 0.1) is 0 Å². The van der Waals surface area contributed by atoms with Crippen LogP contribution in [0.4, 0.5) is 0 Å². The van der Waals surface area contributed by atoms with Crippen LogP contribution in [-0.2, 0) is 19.2 Å². The first-order chi connectivity index (χ1) is 10.1. The molecular weight excluding hydrogens is 378 g/mol. The molecule has 0 nitrogen and oxygen atoms in total. The molecule has 2 rings (SSSR count). The third-order valence-electron chi connectivity index (χ3n) is 3.94. The molecule has 0 N–H and O–H groups in total. The maximum atomic E-state index is 3.90. The van der Waals surface area contributed by atoms with Crippen LogP contribution in [-0.4, -0.2) is 13.9 Å². The van der Waals surface area contributed by atoms with Crippen LogP contribution in [0, 0.1) is 0 Å². The molecule has 1 unspecified atom stereocenters. The predicted octanol–water partition coefficient (Wildman–Crippen LogP) is 6.35. The molecule has 0 saturated carbocycles. The molecule has 0 spiro atoms. The zero-order valence-electron chi connectivity index (χ0n) is 14.6. The van der Waals surface area contributed by atoms with Crippen LogP contribution in [0.1, 0.15) is 53.5 Å². The molecule has 0 aromatic heterocycles.